The van der Waals surface area contributed by atoms with Gasteiger partial charge in [-0.15, -0.1) is 0 Å². The summed E-state index contributed by atoms with van der Waals surface area (Å²) in [7, 11) is 3.53. The molecule has 0 bridgehead atoms. The van der Waals surface area contributed by atoms with Gasteiger partial charge in [-0.2, -0.15) is 5.10 Å². The minimum atomic E-state index is -0.993. The summed E-state index contributed by atoms with van der Waals surface area (Å²) in [6.45, 7) is 0. The van der Waals surface area contributed by atoms with Crippen LogP contribution in [0.4, 0.5) is 0 Å². The van der Waals surface area contributed by atoms with Crippen molar-refractivity contribution in [1.82, 2.24) is 14.3 Å². The van der Waals surface area contributed by atoms with Crippen molar-refractivity contribution in [2.24, 2.45) is 14.1 Å². The maximum Gasteiger partial charge on any atom is 0.354 e. The Balaban J connectivity index is 2.22. The fourth-order valence-corrected chi connectivity index (χ4v) is 2.54. The molecule has 1 N–H and O–H groups in total. The first-order chi connectivity index (χ1) is 9.47. The number of nitrogens with zero attached hydrogens (tertiary/aromatic N) is 3. The lowest BCUT2D eigenvalue weighted by molar-refractivity contribution is 0.0685. The number of aryl methyl sites for hydroxylation is 2. The minimum absolute atomic E-state index is 0.156. The molecule has 0 aliphatic heterocycles. The number of halogens is 1. The van der Waals surface area contributed by atoms with Crippen molar-refractivity contribution < 1.29 is 9.90 Å². The number of carboxylic acid groups (broad SMARTS) is 1. The van der Waals surface area contributed by atoms with E-state index < -0.39 is 5.97 Å². The van der Waals surface area contributed by atoms with Crippen LogP contribution in [0.5, 0.6) is 0 Å². The number of fused-ring (bicyclic) bond motifs is 1. The van der Waals surface area contributed by atoms with Crippen molar-refractivity contribution in [2.75, 3.05) is 0 Å². The predicted molar refractivity (Wildman–Crippen MR) is 77.1 cm³/mol. The Labute approximate surface area is 120 Å². The Hall–Kier alpha value is -2.27. The summed E-state index contributed by atoms with van der Waals surface area (Å²) in [5.41, 5.74) is 2.65. The quantitative estimate of drug-likeness (QED) is 0.789. The third-order valence-electron chi connectivity index (χ3n) is 3.37. The van der Waals surface area contributed by atoms with E-state index in [0.717, 1.165) is 16.6 Å². The molecule has 0 unspecified atom stereocenters. The van der Waals surface area contributed by atoms with Gasteiger partial charge in [-0.1, -0.05) is 11.6 Å². The molecule has 0 fully saturated rings. The normalized spacial score (nSPS) is 11.2. The van der Waals surface area contributed by atoms with Crippen molar-refractivity contribution in [3.63, 3.8) is 0 Å². The van der Waals surface area contributed by atoms with Crippen LogP contribution in [0.3, 0.4) is 0 Å². The summed E-state index contributed by atoms with van der Waals surface area (Å²) in [4.78, 5) is 11.1. The van der Waals surface area contributed by atoms with Gasteiger partial charge in [-0.05, 0) is 24.3 Å². The van der Waals surface area contributed by atoms with Crippen molar-refractivity contribution in [2.45, 2.75) is 0 Å². The zero-order valence-corrected chi connectivity index (χ0v) is 11.7. The number of hydrogen-bond donors (Lipinski definition) is 1. The smallest absolute Gasteiger partial charge is 0.354 e. The molecule has 2 heterocycles. The van der Waals surface area contributed by atoms with Gasteiger partial charge in [0.25, 0.3) is 0 Å². The van der Waals surface area contributed by atoms with Crippen LogP contribution in [-0.2, 0) is 14.1 Å². The van der Waals surface area contributed by atoms with Crippen LogP contribution in [0, 0.1) is 0 Å². The number of rotatable bonds is 2. The van der Waals surface area contributed by atoms with Crippen LogP contribution in [0.25, 0.3) is 22.3 Å². The lowest BCUT2D eigenvalue weighted by Crippen LogP contribution is -2.04. The highest BCUT2D eigenvalue weighted by Gasteiger charge is 2.16. The Morgan fingerprint density at radius 1 is 1.25 bits per heavy atom. The average Bonchev–Trinajstić information content (AvgIpc) is 2.90. The van der Waals surface area contributed by atoms with Gasteiger partial charge in [0.15, 0.2) is 0 Å². The summed E-state index contributed by atoms with van der Waals surface area (Å²) in [5, 5.41) is 15.0. The fourth-order valence-electron chi connectivity index (χ4n) is 2.36. The largest absolute Gasteiger partial charge is 0.477 e. The molecule has 3 aromatic rings. The molecule has 3 rings (SSSR count). The van der Waals surface area contributed by atoms with E-state index >= 15 is 0 Å². The minimum Gasteiger partial charge on any atom is -0.477 e. The van der Waals surface area contributed by atoms with Crippen molar-refractivity contribution >= 4 is 28.5 Å². The van der Waals surface area contributed by atoms with E-state index in [4.69, 9.17) is 16.7 Å². The highest BCUT2D eigenvalue weighted by molar-refractivity contribution is 6.31. The molecule has 0 atom stereocenters. The second kappa shape index (κ2) is 4.38. The number of aromatic carboxylic acids is 1. The zero-order chi connectivity index (χ0) is 14.4. The average molecular weight is 290 g/mol. The van der Waals surface area contributed by atoms with E-state index in [1.54, 1.807) is 13.1 Å². The van der Waals surface area contributed by atoms with Crippen LogP contribution in [0.15, 0.2) is 30.3 Å². The molecule has 0 aliphatic carbocycles. The van der Waals surface area contributed by atoms with E-state index in [-0.39, 0.29) is 5.69 Å². The zero-order valence-electron chi connectivity index (χ0n) is 11.0. The third-order valence-corrected chi connectivity index (χ3v) is 3.60. The van der Waals surface area contributed by atoms with Gasteiger partial charge in [0, 0.05) is 36.1 Å². The van der Waals surface area contributed by atoms with E-state index in [2.05, 4.69) is 5.10 Å². The molecule has 6 heteroatoms. The van der Waals surface area contributed by atoms with Crippen molar-refractivity contribution in [1.29, 1.82) is 0 Å². The van der Waals surface area contributed by atoms with Crippen molar-refractivity contribution in [3.05, 3.63) is 41.0 Å². The van der Waals surface area contributed by atoms with Gasteiger partial charge in [0.1, 0.15) is 11.4 Å². The molecule has 1 aromatic carbocycles. The second-order valence-electron chi connectivity index (χ2n) is 4.64. The molecule has 5 nitrogen and oxygen atoms in total. The Kier molecular flexibility index (Phi) is 2.79. The Morgan fingerprint density at radius 2 is 2.00 bits per heavy atom. The van der Waals surface area contributed by atoms with E-state index in [1.165, 1.54) is 4.68 Å². The van der Waals surface area contributed by atoms with Crippen LogP contribution in [0.2, 0.25) is 5.02 Å². The predicted octanol–water partition coefficient (Wildman–Crippen LogP) is 2.93. The first-order valence-corrected chi connectivity index (χ1v) is 6.38. The van der Waals surface area contributed by atoms with Gasteiger partial charge >= 0.3 is 5.97 Å². The lowest BCUT2D eigenvalue weighted by atomic mass is 10.2. The van der Waals surface area contributed by atoms with E-state index in [9.17, 15) is 4.79 Å². The highest BCUT2D eigenvalue weighted by Crippen LogP contribution is 2.28. The summed E-state index contributed by atoms with van der Waals surface area (Å²) in [6.07, 6.45) is 0. The molecule has 2 aromatic heterocycles. The molecule has 0 spiro atoms. The Bertz CT molecular complexity index is 832. The van der Waals surface area contributed by atoms with Crippen molar-refractivity contribution in [3.8, 4) is 11.4 Å². The van der Waals surface area contributed by atoms with E-state index in [0.29, 0.717) is 10.7 Å². The molecule has 0 radical (unpaired) electrons. The SMILES string of the molecule is Cn1nc(-c2cc3cc(Cl)ccc3n2C)cc1C(=O)O. The maximum absolute atomic E-state index is 11.1. The number of hydrogen-bond acceptors (Lipinski definition) is 2. The maximum atomic E-state index is 11.1. The van der Waals surface area contributed by atoms with Crippen LogP contribution < -0.4 is 0 Å². The molecule has 0 saturated heterocycles. The number of benzene rings is 1. The monoisotopic (exact) mass is 289 g/mol. The summed E-state index contributed by atoms with van der Waals surface area (Å²) in [5.74, 6) is -0.993. The van der Waals surface area contributed by atoms with Crippen LogP contribution >= 0.6 is 11.6 Å². The van der Waals surface area contributed by atoms with Gasteiger partial charge in [0.2, 0.25) is 0 Å². The van der Waals surface area contributed by atoms with Gasteiger partial charge in [-0.3, -0.25) is 4.68 Å². The number of carboxylic acids is 1. The van der Waals surface area contributed by atoms with Crippen LogP contribution in [0.1, 0.15) is 10.5 Å². The Morgan fingerprint density at radius 3 is 2.65 bits per heavy atom. The number of aromatic nitrogens is 3. The highest BCUT2D eigenvalue weighted by atomic mass is 35.5. The molecule has 20 heavy (non-hydrogen) atoms. The topological polar surface area (TPSA) is 60.0 Å². The number of carbonyl (C=O) groups is 1. The molecule has 0 saturated carbocycles. The fraction of sp³-hybridized carbons (Fsp3) is 0.143. The van der Waals surface area contributed by atoms with Gasteiger partial charge in [0.05, 0.1) is 5.69 Å². The van der Waals surface area contributed by atoms with Crippen LogP contribution in [-0.4, -0.2) is 25.4 Å². The molecular formula is C14H12ClN3O2. The summed E-state index contributed by atoms with van der Waals surface area (Å²) < 4.78 is 3.34. The van der Waals surface area contributed by atoms with Gasteiger partial charge in [-0.25, -0.2) is 4.79 Å². The van der Waals surface area contributed by atoms with E-state index in [1.807, 2.05) is 35.9 Å². The first kappa shape index (κ1) is 12.7. The standard InChI is InChI=1S/C14H12ClN3O2/c1-17-11-4-3-9(15)5-8(11)6-12(17)10-7-13(14(19)20)18(2)16-10/h3-7H,1-2H3,(H,19,20). The molecule has 102 valence electrons. The molecule has 0 aliphatic rings. The molecule has 0 amide bonds. The molecular weight excluding hydrogens is 278 g/mol. The third kappa shape index (κ3) is 1.87. The summed E-state index contributed by atoms with van der Waals surface area (Å²) >= 11 is 5.99. The summed E-state index contributed by atoms with van der Waals surface area (Å²) in [6, 6.07) is 9.16. The first-order valence-electron chi connectivity index (χ1n) is 6.00. The van der Waals surface area contributed by atoms with Gasteiger partial charge < -0.3 is 9.67 Å². The second-order valence-corrected chi connectivity index (χ2v) is 5.07. The lowest BCUT2D eigenvalue weighted by Gasteiger charge is -2.00.